The molecule has 0 unspecified atom stereocenters. The molecule has 0 atom stereocenters. The quantitative estimate of drug-likeness (QED) is 0.530. The number of nitrogens with one attached hydrogen (secondary N) is 2. The molecule has 0 fully saturated rings. The molecule has 4 rings (SSSR count). The molecule has 7 heteroatoms. The minimum Gasteiger partial charge on any atom is -0.356 e. The molecule has 24 heavy (non-hydrogen) atoms. The summed E-state index contributed by atoms with van der Waals surface area (Å²) in [7, 11) is 0. The van der Waals surface area contributed by atoms with Crippen LogP contribution in [0, 0.1) is 0 Å². The van der Waals surface area contributed by atoms with Crippen LogP contribution in [0.5, 0.6) is 0 Å². The first kappa shape index (κ1) is 14.9. The van der Waals surface area contributed by atoms with E-state index in [2.05, 4.69) is 20.3 Å². The van der Waals surface area contributed by atoms with Gasteiger partial charge in [0.05, 0.1) is 23.1 Å². The third-order valence-electron chi connectivity index (χ3n) is 3.84. The average Bonchev–Trinajstić information content (AvgIpc) is 3.24. The molecular weight excluding hydrogens is 322 g/mol. The number of aryl methyl sites for hydroxylation is 1. The van der Waals surface area contributed by atoms with Gasteiger partial charge in [0.2, 0.25) is 5.91 Å². The van der Waals surface area contributed by atoms with Gasteiger partial charge >= 0.3 is 0 Å². The fraction of sp³-hybridized carbons (Fsp3) is 0.235. The lowest BCUT2D eigenvalue weighted by molar-refractivity contribution is -0.120. The predicted molar refractivity (Wildman–Crippen MR) is 94.2 cm³/mol. The van der Waals surface area contributed by atoms with E-state index in [0.717, 1.165) is 40.4 Å². The Balaban J connectivity index is 1.24. The largest absolute Gasteiger partial charge is 0.356 e. The second-order valence-electron chi connectivity index (χ2n) is 5.66. The molecule has 0 saturated carbocycles. The molecule has 0 radical (unpaired) electrons. The van der Waals surface area contributed by atoms with E-state index in [1.54, 1.807) is 11.3 Å². The number of carbonyl (C=O) groups excluding carboxylic acids is 1. The molecule has 1 amide bonds. The van der Waals surface area contributed by atoms with Crippen molar-refractivity contribution in [1.29, 1.82) is 0 Å². The number of aromatic amines is 1. The standard InChI is InChI=1S/C17H17N5OS/c23-16(10-12-11-22-8-9-24-17(22)19-12)18-7-3-6-15-20-13-4-1-2-5-14(13)21-15/h1-2,4-5,8-9,11H,3,6-7,10H2,(H,18,23)(H,20,21). The number of hydrogen-bond donors (Lipinski definition) is 2. The molecule has 0 aliphatic heterocycles. The number of aromatic nitrogens is 4. The monoisotopic (exact) mass is 339 g/mol. The highest BCUT2D eigenvalue weighted by Gasteiger charge is 2.08. The molecule has 0 aliphatic carbocycles. The van der Waals surface area contributed by atoms with Crippen molar-refractivity contribution in [3.8, 4) is 0 Å². The summed E-state index contributed by atoms with van der Waals surface area (Å²) in [5, 5.41) is 4.92. The SMILES string of the molecule is O=C(Cc1cn2ccsc2n1)NCCCc1nc2ccccc2[nH]1. The van der Waals surface area contributed by atoms with Crippen LogP contribution < -0.4 is 5.32 Å². The van der Waals surface area contributed by atoms with Gasteiger partial charge in [-0.1, -0.05) is 12.1 Å². The minimum absolute atomic E-state index is 0.00496. The predicted octanol–water partition coefficient (Wildman–Crippen LogP) is 2.56. The molecule has 0 aliphatic rings. The van der Waals surface area contributed by atoms with Crippen LogP contribution >= 0.6 is 11.3 Å². The van der Waals surface area contributed by atoms with E-state index in [0.29, 0.717) is 13.0 Å². The summed E-state index contributed by atoms with van der Waals surface area (Å²) in [6, 6.07) is 7.98. The van der Waals surface area contributed by atoms with Crippen molar-refractivity contribution in [2.24, 2.45) is 0 Å². The third-order valence-corrected chi connectivity index (χ3v) is 4.61. The van der Waals surface area contributed by atoms with Crippen molar-refractivity contribution in [2.75, 3.05) is 6.54 Å². The van der Waals surface area contributed by atoms with Gasteiger partial charge in [-0.25, -0.2) is 9.97 Å². The van der Waals surface area contributed by atoms with Crippen molar-refractivity contribution < 1.29 is 4.79 Å². The van der Waals surface area contributed by atoms with Gasteiger partial charge in [0, 0.05) is 30.7 Å². The Labute approximate surface area is 142 Å². The summed E-state index contributed by atoms with van der Waals surface area (Å²) in [6.07, 6.45) is 5.83. The number of rotatable bonds is 6. The van der Waals surface area contributed by atoms with Crippen molar-refractivity contribution >= 4 is 33.2 Å². The zero-order valence-electron chi connectivity index (χ0n) is 13.0. The molecule has 3 heterocycles. The molecule has 0 spiro atoms. The summed E-state index contributed by atoms with van der Waals surface area (Å²) in [6.45, 7) is 0.637. The first-order valence-corrected chi connectivity index (χ1v) is 8.77. The average molecular weight is 339 g/mol. The Morgan fingerprint density at radius 3 is 3.08 bits per heavy atom. The van der Waals surface area contributed by atoms with Crippen molar-refractivity contribution in [2.45, 2.75) is 19.3 Å². The number of thiazole rings is 1. The van der Waals surface area contributed by atoms with Crippen LogP contribution in [0.15, 0.2) is 42.0 Å². The van der Waals surface area contributed by atoms with Crippen LogP contribution in [-0.2, 0) is 17.6 Å². The smallest absolute Gasteiger partial charge is 0.226 e. The van der Waals surface area contributed by atoms with E-state index < -0.39 is 0 Å². The normalized spacial score (nSPS) is 11.3. The van der Waals surface area contributed by atoms with Crippen molar-refractivity contribution in [3.63, 3.8) is 0 Å². The van der Waals surface area contributed by atoms with Gasteiger partial charge in [0.15, 0.2) is 4.96 Å². The highest BCUT2D eigenvalue weighted by Crippen LogP contribution is 2.12. The highest BCUT2D eigenvalue weighted by molar-refractivity contribution is 7.15. The number of benzene rings is 1. The van der Waals surface area contributed by atoms with Crippen molar-refractivity contribution in [3.05, 3.63) is 53.6 Å². The van der Waals surface area contributed by atoms with Crippen LogP contribution in [0.25, 0.3) is 16.0 Å². The summed E-state index contributed by atoms with van der Waals surface area (Å²) in [5.74, 6) is 0.963. The van der Waals surface area contributed by atoms with Crippen molar-refractivity contribution in [1.82, 2.24) is 24.7 Å². The molecule has 3 aromatic heterocycles. The van der Waals surface area contributed by atoms with Gasteiger partial charge in [0.1, 0.15) is 5.82 Å². The number of carbonyl (C=O) groups is 1. The lowest BCUT2D eigenvalue weighted by Gasteiger charge is -2.02. The molecule has 0 bridgehead atoms. The fourth-order valence-electron chi connectivity index (χ4n) is 2.70. The van der Waals surface area contributed by atoms with Gasteiger partial charge in [-0.05, 0) is 18.6 Å². The Hall–Kier alpha value is -2.67. The maximum atomic E-state index is 12.0. The summed E-state index contributed by atoms with van der Waals surface area (Å²) < 4.78 is 1.94. The van der Waals surface area contributed by atoms with E-state index in [4.69, 9.17) is 0 Å². The molecule has 1 aromatic carbocycles. The van der Waals surface area contributed by atoms with E-state index >= 15 is 0 Å². The maximum Gasteiger partial charge on any atom is 0.226 e. The fourth-order valence-corrected chi connectivity index (χ4v) is 3.41. The molecule has 4 aromatic rings. The van der Waals surface area contributed by atoms with Crippen LogP contribution in [0.4, 0.5) is 0 Å². The third kappa shape index (κ3) is 3.16. The van der Waals surface area contributed by atoms with E-state index in [9.17, 15) is 4.79 Å². The first-order valence-electron chi connectivity index (χ1n) is 7.89. The summed E-state index contributed by atoms with van der Waals surface area (Å²) in [5.41, 5.74) is 2.84. The van der Waals surface area contributed by atoms with E-state index in [1.807, 2.05) is 46.4 Å². The first-order chi connectivity index (χ1) is 11.8. The van der Waals surface area contributed by atoms with Gasteiger partial charge in [-0.3, -0.25) is 9.20 Å². The van der Waals surface area contributed by atoms with Gasteiger partial charge in [-0.15, -0.1) is 11.3 Å². The van der Waals surface area contributed by atoms with Gasteiger partial charge in [0.25, 0.3) is 0 Å². The maximum absolute atomic E-state index is 12.0. The second kappa shape index (κ2) is 6.45. The van der Waals surface area contributed by atoms with Crippen LogP contribution in [-0.4, -0.2) is 31.8 Å². The molecule has 2 N–H and O–H groups in total. The second-order valence-corrected chi connectivity index (χ2v) is 6.53. The van der Waals surface area contributed by atoms with Crippen LogP contribution in [0.3, 0.4) is 0 Å². The Bertz CT molecular complexity index is 922. The molecule has 6 nitrogen and oxygen atoms in total. The Morgan fingerprint density at radius 2 is 2.21 bits per heavy atom. The Morgan fingerprint density at radius 1 is 1.29 bits per heavy atom. The lowest BCUT2D eigenvalue weighted by atomic mass is 10.2. The number of H-pyrrole nitrogens is 1. The summed E-state index contributed by atoms with van der Waals surface area (Å²) >= 11 is 1.57. The van der Waals surface area contributed by atoms with Crippen LogP contribution in [0.2, 0.25) is 0 Å². The van der Waals surface area contributed by atoms with E-state index in [-0.39, 0.29) is 5.91 Å². The zero-order valence-corrected chi connectivity index (χ0v) is 13.8. The summed E-state index contributed by atoms with van der Waals surface area (Å²) in [4.78, 5) is 25.2. The molecule has 0 saturated heterocycles. The minimum atomic E-state index is 0.00496. The highest BCUT2D eigenvalue weighted by atomic mass is 32.1. The number of para-hydroxylation sites is 2. The number of amides is 1. The van der Waals surface area contributed by atoms with Crippen LogP contribution in [0.1, 0.15) is 17.9 Å². The van der Waals surface area contributed by atoms with E-state index in [1.165, 1.54) is 0 Å². The molecule has 122 valence electrons. The number of imidazole rings is 2. The number of hydrogen-bond acceptors (Lipinski definition) is 4. The number of fused-ring (bicyclic) bond motifs is 2. The number of nitrogens with zero attached hydrogens (tertiary/aromatic N) is 3. The molecular formula is C17H17N5OS. The van der Waals surface area contributed by atoms with Gasteiger partial charge < -0.3 is 10.3 Å². The topological polar surface area (TPSA) is 75.1 Å². The lowest BCUT2D eigenvalue weighted by Crippen LogP contribution is -2.26. The Kier molecular flexibility index (Phi) is 4.00. The van der Waals surface area contributed by atoms with Gasteiger partial charge in [-0.2, -0.15) is 0 Å². The zero-order chi connectivity index (χ0) is 16.4.